The van der Waals surface area contributed by atoms with Crippen LogP contribution in [0.4, 0.5) is 0 Å². The molecule has 1 unspecified atom stereocenters. The van der Waals surface area contributed by atoms with Gasteiger partial charge in [-0.25, -0.2) is 0 Å². The molecule has 0 amide bonds. The third kappa shape index (κ3) is 3.47. The van der Waals surface area contributed by atoms with Crippen LogP contribution in [0.15, 0.2) is 36.4 Å². The third-order valence-electron chi connectivity index (χ3n) is 5.32. The van der Waals surface area contributed by atoms with E-state index in [1.54, 1.807) is 0 Å². The van der Waals surface area contributed by atoms with Crippen LogP contribution < -0.4 is 4.74 Å². The fraction of sp³-hybridized carbons (Fsp3) is 0.500. The van der Waals surface area contributed by atoms with E-state index in [1.165, 1.54) is 27.8 Å². The van der Waals surface area contributed by atoms with E-state index in [1.807, 2.05) is 0 Å². The minimum atomic E-state index is 0.0749. The average Bonchev–Trinajstić information content (AvgIpc) is 2.96. The molecule has 0 bridgehead atoms. The van der Waals surface area contributed by atoms with E-state index < -0.39 is 0 Å². The van der Waals surface area contributed by atoms with Crippen LogP contribution in [0.5, 0.6) is 5.75 Å². The van der Waals surface area contributed by atoms with Crippen LogP contribution in [0.1, 0.15) is 82.2 Å². The Labute approximate surface area is 153 Å². The summed E-state index contributed by atoms with van der Waals surface area (Å²) in [6.45, 7) is 16.7. The molecule has 2 aromatic carbocycles. The van der Waals surface area contributed by atoms with Crippen molar-refractivity contribution >= 4 is 0 Å². The quantitative estimate of drug-likeness (QED) is 0.619. The second-order valence-corrected chi connectivity index (χ2v) is 9.40. The first-order chi connectivity index (χ1) is 11.6. The molecule has 0 saturated heterocycles. The Kier molecular flexibility index (Phi) is 4.47. The molecule has 0 saturated carbocycles. The summed E-state index contributed by atoms with van der Waals surface area (Å²) in [7, 11) is 0. The smallest absolute Gasteiger partial charge is 0.127 e. The van der Waals surface area contributed by atoms with Gasteiger partial charge >= 0.3 is 0 Å². The first kappa shape index (κ1) is 18.0. The van der Waals surface area contributed by atoms with Crippen molar-refractivity contribution in [1.29, 1.82) is 0 Å². The monoisotopic (exact) mass is 336 g/mol. The van der Waals surface area contributed by atoms with Gasteiger partial charge in [0.1, 0.15) is 5.75 Å². The molecule has 1 heterocycles. The Bertz CT molecular complexity index is 772. The van der Waals surface area contributed by atoms with Crippen molar-refractivity contribution in [2.45, 2.75) is 71.6 Å². The van der Waals surface area contributed by atoms with Gasteiger partial charge in [0.15, 0.2) is 0 Å². The van der Waals surface area contributed by atoms with Crippen LogP contribution in [-0.4, -0.2) is 6.61 Å². The highest BCUT2D eigenvalue weighted by Crippen LogP contribution is 2.46. The normalized spacial score (nSPS) is 17.3. The molecule has 1 heteroatoms. The van der Waals surface area contributed by atoms with E-state index in [4.69, 9.17) is 4.74 Å². The van der Waals surface area contributed by atoms with E-state index in [0.717, 1.165) is 18.8 Å². The highest BCUT2D eigenvalue weighted by atomic mass is 16.5. The van der Waals surface area contributed by atoms with Gasteiger partial charge in [-0.15, -0.1) is 0 Å². The molecule has 1 nitrogen and oxygen atoms in total. The lowest BCUT2D eigenvalue weighted by Gasteiger charge is -2.27. The number of ether oxygens (including phenoxy) is 1. The Morgan fingerprint density at radius 3 is 2.28 bits per heavy atom. The summed E-state index contributed by atoms with van der Waals surface area (Å²) in [5.41, 5.74) is 7.09. The molecule has 2 aromatic rings. The summed E-state index contributed by atoms with van der Waals surface area (Å²) in [6.07, 6.45) is 1.07. The van der Waals surface area contributed by atoms with Gasteiger partial charge in [-0.1, -0.05) is 84.9 Å². The lowest BCUT2D eigenvalue weighted by Crippen LogP contribution is -2.17. The standard InChI is InChI=1S/C24H32O/c1-8-16-10-9-11-17(12-16)20-15-25-22-19(20)13-18(23(2,3)4)14-21(22)24(5,6)7/h9-14,20H,8,15H2,1-7H3. The highest BCUT2D eigenvalue weighted by Gasteiger charge is 2.33. The number of rotatable bonds is 2. The van der Waals surface area contributed by atoms with Gasteiger partial charge in [0.25, 0.3) is 0 Å². The molecular formula is C24H32O. The fourth-order valence-electron chi connectivity index (χ4n) is 3.62. The van der Waals surface area contributed by atoms with Crippen LogP contribution in [0.2, 0.25) is 0 Å². The van der Waals surface area contributed by atoms with Gasteiger partial charge in [-0.2, -0.15) is 0 Å². The lowest BCUT2D eigenvalue weighted by molar-refractivity contribution is 0.334. The minimum absolute atomic E-state index is 0.0749. The van der Waals surface area contributed by atoms with Gasteiger partial charge in [0.05, 0.1) is 6.61 Å². The average molecular weight is 337 g/mol. The Morgan fingerprint density at radius 2 is 1.68 bits per heavy atom. The molecule has 1 atom stereocenters. The van der Waals surface area contributed by atoms with E-state index in [9.17, 15) is 0 Å². The number of hydrogen-bond donors (Lipinski definition) is 0. The van der Waals surface area contributed by atoms with Crippen LogP contribution >= 0.6 is 0 Å². The Balaban J connectivity index is 2.17. The van der Waals surface area contributed by atoms with Gasteiger partial charge in [0.2, 0.25) is 0 Å². The molecule has 0 aliphatic carbocycles. The predicted molar refractivity (Wildman–Crippen MR) is 107 cm³/mol. The summed E-state index contributed by atoms with van der Waals surface area (Å²) in [5.74, 6) is 1.46. The van der Waals surface area contributed by atoms with Crippen molar-refractivity contribution < 1.29 is 4.74 Å². The molecule has 0 N–H and O–H groups in total. The number of fused-ring (bicyclic) bond motifs is 1. The maximum Gasteiger partial charge on any atom is 0.127 e. The van der Waals surface area contributed by atoms with E-state index >= 15 is 0 Å². The predicted octanol–water partition coefficient (Wildman–Crippen LogP) is 6.37. The zero-order chi connectivity index (χ0) is 18.4. The third-order valence-corrected chi connectivity index (χ3v) is 5.32. The van der Waals surface area contributed by atoms with Gasteiger partial charge in [-0.05, 0) is 33.9 Å². The van der Waals surface area contributed by atoms with Crippen molar-refractivity contribution in [3.63, 3.8) is 0 Å². The molecule has 0 radical (unpaired) electrons. The molecule has 134 valence electrons. The van der Waals surface area contributed by atoms with Crippen molar-refractivity contribution in [3.05, 3.63) is 64.2 Å². The summed E-state index contributed by atoms with van der Waals surface area (Å²) >= 11 is 0. The zero-order valence-corrected chi connectivity index (χ0v) is 16.9. The topological polar surface area (TPSA) is 9.23 Å². The van der Waals surface area contributed by atoms with E-state index in [0.29, 0.717) is 5.92 Å². The van der Waals surface area contributed by atoms with Gasteiger partial charge in [0, 0.05) is 17.0 Å². The molecule has 0 spiro atoms. The maximum atomic E-state index is 6.26. The van der Waals surface area contributed by atoms with Crippen LogP contribution in [0.25, 0.3) is 0 Å². The molecule has 25 heavy (non-hydrogen) atoms. The largest absolute Gasteiger partial charge is 0.492 e. The highest BCUT2D eigenvalue weighted by molar-refractivity contribution is 5.55. The fourth-order valence-corrected chi connectivity index (χ4v) is 3.62. The van der Waals surface area contributed by atoms with Crippen molar-refractivity contribution in [2.24, 2.45) is 0 Å². The van der Waals surface area contributed by atoms with Gasteiger partial charge in [-0.3, -0.25) is 0 Å². The minimum Gasteiger partial charge on any atom is -0.492 e. The van der Waals surface area contributed by atoms with Crippen LogP contribution in [0, 0.1) is 0 Å². The summed E-state index contributed by atoms with van der Waals surface area (Å²) < 4.78 is 6.26. The lowest BCUT2D eigenvalue weighted by atomic mass is 9.77. The number of benzene rings is 2. The Hall–Kier alpha value is -1.76. The molecular weight excluding hydrogens is 304 g/mol. The summed E-state index contributed by atoms with van der Waals surface area (Å²) in [5, 5.41) is 0. The number of aryl methyl sites for hydroxylation is 1. The van der Waals surface area contributed by atoms with Crippen molar-refractivity contribution in [2.75, 3.05) is 6.61 Å². The molecule has 0 aromatic heterocycles. The molecule has 0 fully saturated rings. The second kappa shape index (κ2) is 6.20. The zero-order valence-electron chi connectivity index (χ0n) is 16.9. The maximum absolute atomic E-state index is 6.26. The number of hydrogen-bond acceptors (Lipinski definition) is 1. The van der Waals surface area contributed by atoms with Crippen LogP contribution in [-0.2, 0) is 17.3 Å². The summed E-state index contributed by atoms with van der Waals surface area (Å²) in [6, 6.07) is 13.8. The van der Waals surface area contributed by atoms with E-state index in [-0.39, 0.29) is 10.8 Å². The van der Waals surface area contributed by atoms with Crippen molar-refractivity contribution in [3.8, 4) is 5.75 Å². The first-order valence-electron chi connectivity index (χ1n) is 9.52. The molecule has 1 aliphatic heterocycles. The molecule has 1 aliphatic rings. The van der Waals surface area contributed by atoms with Crippen molar-refractivity contribution in [1.82, 2.24) is 0 Å². The summed E-state index contributed by atoms with van der Waals surface area (Å²) in [4.78, 5) is 0. The van der Waals surface area contributed by atoms with E-state index in [2.05, 4.69) is 84.9 Å². The molecule has 3 rings (SSSR count). The SMILES string of the molecule is CCc1cccc(C2COc3c2cc(C(C)(C)C)cc3C(C)(C)C)c1. The second-order valence-electron chi connectivity index (χ2n) is 9.40. The first-order valence-corrected chi connectivity index (χ1v) is 9.52. The Morgan fingerprint density at radius 1 is 0.960 bits per heavy atom. The van der Waals surface area contributed by atoms with Crippen LogP contribution in [0.3, 0.4) is 0 Å². The van der Waals surface area contributed by atoms with Gasteiger partial charge < -0.3 is 4.74 Å².